The van der Waals surface area contributed by atoms with Crippen LogP contribution in [0, 0.1) is 5.41 Å². The Kier molecular flexibility index (Phi) is 5.10. The zero-order valence-corrected chi connectivity index (χ0v) is 10.9. The lowest BCUT2D eigenvalue weighted by atomic mass is 9.79. The van der Waals surface area contributed by atoms with Crippen molar-refractivity contribution in [3.8, 4) is 0 Å². The average Bonchev–Trinajstić information content (AvgIpc) is 2.41. The largest absolute Gasteiger partial charge is 0.450 e. The van der Waals surface area contributed by atoms with Crippen molar-refractivity contribution >= 4 is 6.09 Å². The third-order valence-corrected chi connectivity index (χ3v) is 3.57. The van der Waals surface area contributed by atoms with Crippen molar-refractivity contribution in [3.63, 3.8) is 0 Å². The molecule has 1 saturated heterocycles. The van der Waals surface area contributed by atoms with Gasteiger partial charge in [-0.1, -0.05) is 20.3 Å². The Labute approximate surface area is 99.1 Å². The zero-order valence-electron chi connectivity index (χ0n) is 10.9. The molecule has 1 aliphatic rings. The van der Waals surface area contributed by atoms with E-state index in [0.717, 1.165) is 25.9 Å². The number of nitrogens with zero attached hydrogens (tertiary/aromatic N) is 1. The Morgan fingerprint density at radius 3 is 2.69 bits per heavy atom. The van der Waals surface area contributed by atoms with Gasteiger partial charge >= 0.3 is 6.09 Å². The Hall–Kier alpha value is -0.730. The van der Waals surface area contributed by atoms with Crippen molar-refractivity contribution in [1.82, 2.24) is 4.90 Å². The van der Waals surface area contributed by atoms with E-state index in [0.29, 0.717) is 12.0 Å². The highest BCUT2D eigenvalue weighted by molar-refractivity contribution is 5.67. The number of carbonyl (C=O) groups is 1. The molecule has 1 heterocycles. The first-order valence-electron chi connectivity index (χ1n) is 6.53. The molecule has 1 unspecified atom stereocenters. The minimum absolute atomic E-state index is 0.136. The molecule has 1 amide bonds. The van der Waals surface area contributed by atoms with Gasteiger partial charge in [0.05, 0.1) is 6.61 Å². The van der Waals surface area contributed by atoms with Crippen LogP contribution in [0.3, 0.4) is 0 Å². The van der Waals surface area contributed by atoms with Crippen LogP contribution in [-0.2, 0) is 4.74 Å². The fraction of sp³-hybridized carbons (Fsp3) is 0.923. The molecule has 1 fully saturated rings. The van der Waals surface area contributed by atoms with Gasteiger partial charge in [-0.15, -0.1) is 0 Å². The van der Waals surface area contributed by atoms with Crippen molar-refractivity contribution < 1.29 is 9.53 Å². The summed E-state index contributed by atoms with van der Waals surface area (Å²) in [6.07, 6.45) is 5.81. The molecule has 0 spiro atoms. The number of likely N-dealkylation sites (tertiary alicyclic amines) is 1. The highest BCUT2D eigenvalue weighted by Crippen LogP contribution is 2.35. The second-order valence-electron chi connectivity index (χ2n) is 5.10. The molecule has 0 aliphatic carbocycles. The van der Waals surface area contributed by atoms with Gasteiger partial charge < -0.3 is 9.64 Å². The number of ether oxygens (including phenoxy) is 1. The first-order valence-corrected chi connectivity index (χ1v) is 6.53. The lowest BCUT2D eigenvalue weighted by Gasteiger charge is -2.27. The Bertz CT molecular complexity index is 230. The van der Waals surface area contributed by atoms with Gasteiger partial charge in [0.25, 0.3) is 0 Å². The summed E-state index contributed by atoms with van der Waals surface area (Å²) in [5.74, 6) is 0. The smallest absolute Gasteiger partial charge is 0.409 e. The van der Waals surface area contributed by atoms with E-state index >= 15 is 0 Å². The number of hydrogen-bond donors (Lipinski definition) is 0. The van der Waals surface area contributed by atoms with Crippen LogP contribution in [0.4, 0.5) is 4.79 Å². The van der Waals surface area contributed by atoms with Gasteiger partial charge in [-0.05, 0) is 38.0 Å². The summed E-state index contributed by atoms with van der Waals surface area (Å²) in [7, 11) is 0. The lowest BCUT2D eigenvalue weighted by Crippen LogP contribution is -2.33. The molecule has 3 heteroatoms. The van der Waals surface area contributed by atoms with Crippen molar-refractivity contribution in [1.29, 1.82) is 0 Å². The number of carbonyl (C=O) groups excluding carboxylic acids is 1. The molecule has 1 rings (SSSR count). The van der Waals surface area contributed by atoms with Crippen LogP contribution in [0.5, 0.6) is 0 Å². The van der Waals surface area contributed by atoms with Gasteiger partial charge in [-0.3, -0.25) is 0 Å². The van der Waals surface area contributed by atoms with E-state index < -0.39 is 0 Å². The summed E-state index contributed by atoms with van der Waals surface area (Å²) >= 11 is 0. The minimum atomic E-state index is -0.136. The van der Waals surface area contributed by atoms with E-state index in [1.165, 1.54) is 19.3 Å². The van der Waals surface area contributed by atoms with Crippen molar-refractivity contribution in [2.24, 2.45) is 5.41 Å². The molecule has 0 aromatic heterocycles. The van der Waals surface area contributed by atoms with Crippen LogP contribution in [0.1, 0.15) is 52.9 Å². The van der Waals surface area contributed by atoms with E-state index in [-0.39, 0.29) is 6.09 Å². The van der Waals surface area contributed by atoms with Gasteiger partial charge in [0, 0.05) is 13.1 Å². The maximum Gasteiger partial charge on any atom is 0.409 e. The fourth-order valence-electron chi connectivity index (χ4n) is 2.59. The van der Waals surface area contributed by atoms with Crippen LogP contribution in [0.2, 0.25) is 0 Å². The highest BCUT2D eigenvalue weighted by atomic mass is 16.6. The van der Waals surface area contributed by atoms with Gasteiger partial charge in [0.15, 0.2) is 0 Å². The third-order valence-electron chi connectivity index (χ3n) is 3.57. The average molecular weight is 227 g/mol. The highest BCUT2D eigenvalue weighted by Gasteiger charge is 2.28. The second kappa shape index (κ2) is 6.12. The first-order chi connectivity index (χ1) is 7.61. The molecule has 0 aromatic carbocycles. The molecule has 0 N–H and O–H groups in total. The van der Waals surface area contributed by atoms with Crippen LogP contribution in [-0.4, -0.2) is 30.7 Å². The SMILES string of the molecule is CCCC1(C)CCCN(C(=O)OCC)CC1. The van der Waals surface area contributed by atoms with Gasteiger partial charge in [-0.25, -0.2) is 4.79 Å². The molecule has 0 aromatic rings. The summed E-state index contributed by atoms with van der Waals surface area (Å²) in [6, 6.07) is 0. The molecule has 1 atom stereocenters. The second-order valence-corrected chi connectivity index (χ2v) is 5.10. The van der Waals surface area contributed by atoms with Gasteiger partial charge in [0.2, 0.25) is 0 Å². The summed E-state index contributed by atoms with van der Waals surface area (Å²) in [6.45, 7) is 8.64. The van der Waals surface area contributed by atoms with Crippen LogP contribution < -0.4 is 0 Å². The quantitative estimate of drug-likeness (QED) is 0.739. The molecule has 0 bridgehead atoms. The number of amides is 1. The predicted molar refractivity (Wildman–Crippen MR) is 65.5 cm³/mol. The zero-order chi connectivity index (χ0) is 12.0. The Morgan fingerprint density at radius 2 is 2.06 bits per heavy atom. The molecular formula is C13H25NO2. The predicted octanol–water partition coefficient (Wildman–Crippen LogP) is 3.44. The summed E-state index contributed by atoms with van der Waals surface area (Å²) < 4.78 is 5.05. The number of rotatable bonds is 3. The monoisotopic (exact) mass is 227 g/mol. The van der Waals surface area contributed by atoms with Crippen LogP contribution in [0.25, 0.3) is 0 Å². The maximum atomic E-state index is 11.6. The molecule has 3 nitrogen and oxygen atoms in total. The fourth-order valence-corrected chi connectivity index (χ4v) is 2.59. The molecular weight excluding hydrogens is 202 g/mol. The van der Waals surface area contributed by atoms with Crippen molar-refractivity contribution in [2.45, 2.75) is 52.9 Å². The minimum Gasteiger partial charge on any atom is -0.450 e. The van der Waals surface area contributed by atoms with Gasteiger partial charge in [0.1, 0.15) is 0 Å². The number of hydrogen-bond acceptors (Lipinski definition) is 2. The normalized spacial score (nSPS) is 26.3. The summed E-state index contributed by atoms with van der Waals surface area (Å²) in [5.41, 5.74) is 0.427. The van der Waals surface area contributed by atoms with E-state index in [9.17, 15) is 4.79 Å². The molecule has 0 saturated carbocycles. The van der Waals surface area contributed by atoms with E-state index in [1.54, 1.807) is 0 Å². The maximum absolute atomic E-state index is 11.6. The molecule has 94 valence electrons. The third kappa shape index (κ3) is 3.69. The molecule has 16 heavy (non-hydrogen) atoms. The Balaban J connectivity index is 2.48. The van der Waals surface area contributed by atoms with Crippen molar-refractivity contribution in [2.75, 3.05) is 19.7 Å². The topological polar surface area (TPSA) is 29.5 Å². The molecule has 1 aliphatic heterocycles. The van der Waals surface area contributed by atoms with Crippen LogP contribution >= 0.6 is 0 Å². The van der Waals surface area contributed by atoms with E-state index in [1.807, 2.05) is 11.8 Å². The van der Waals surface area contributed by atoms with E-state index in [4.69, 9.17) is 4.74 Å². The summed E-state index contributed by atoms with van der Waals surface area (Å²) in [5, 5.41) is 0. The van der Waals surface area contributed by atoms with Crippen LogP contribution in [0.15, 0.2) is 0 Å². The summed E-state index contributed by atoms with van der Waals surface area (Å²) in [4.78, 5) is 13.5. The standard InChI is InChI=1S/C13H25NO2/c1-4-7-13(3)8-6-10-14(11-9-13)12(15)16-5-2/h4-11H2,1-3H3. The van der Waals surface area contributed by atoms with Crippen molar-refractivity contribution in [3.05, 3.63) is 0 Å². The van der Waals surface area contributed by atoms with E-state index in [2.05, 4.69) is 13.8 Å². The lowest BCUT2D eigenvalue weighted by molar-refractivity contribution is 0.107. The van der Waals surface area contributed by atoms with Gasteiger partial charge in [-0.2, -0.15) is 0 Å². The first kappa shape index (κ1) is 13.3. The Morgan fingerprint density at radius 1 is 1.31 bits per heavy atom. The molecule has 0 radical (unpaired) electrons.